The quantitative estimate of drug-likeness (QED) is 0.801. The minimum Gasteiger partial charge on any atom is -0.479 e. The zero-order valence-electron chi connectivity index (χ0n) is 14.4. The molecule has 1 N–H and O–H groups in total. The first kappa shape index (κ1) is 17.6. The number of ether oxygens (including phenoxy) is 4. The summed E-state index contributed by atoms with van der Waals surface area (Å²) < 4.78 is 21.1. The number of carbonyl (C=O) groups excluding carboxylic acids is 2. The highest BCUT2D eigenvalue weighted by Crippen LogP contribution is 2.34. The molecular formula is C19H19NO6. The molecule has 2 aromatic carbocycles. The van der Waals surface area contributed by atoms with Gasteiger partial charge >= 0.3 is 5.97 Å². The maximum absolute atomic E-state index is 12.2. The summed E-state index contributed by atoms with van der Waals surface area (Å²) in [5.41, 5.74) is 0.524. The SMILES string of the molecule is C[C@H](OC(=O)[C@@H](C)Oc1ccccc1)C(=O)Nc1ccc2c(c1)OCO2. The molecule has 1 amide bonds. The lowest BCUT2D eigenvalue weighted by Gasteiger charge is -2.17. The van der Waals surface area contributed by atoms with Crippen LogP contribution in [0.25, 0.3) is 0 Å². The van der Waals surface area contributed by atoms with Crippen LogP contribution in [-0.4, -0.2) is 30.9 Å². The lowest BCUT2D eigenvalue weighted by atomic mass is 10.2. The number of esters is 1. The maximum atomic E-state index is 12.2. The van der Waals surface area contributed by atoms with E-state index in [9.17, 15) is 9.59 Å². The average Bonchev–Trinajstić information content (AvgIpc) is 3.10. The number of rotatable bonds is 6. The fourth-order valence-electron chi connectivity index (χ4n) is 2.29. The molecular weight excluding hydrogens is 338 g/mol. The van der Waals surface area contributed by atoms with Gasteiger partial charge in [0.15, 0.2) is 23.7 Å². The van der Waals surface area contributed by atoms with Crippen molar-refractivity contribution in [2.45, 2.75) is 26.1 Å². The Labute approximate surface area is 150 Å². The molecule has 0 unspecified atom stereocenters. The largest absolute Gasteiger partial charge is 0.479 e. The van der Waals surface area contributed by atoms with Crippen LogP contribution in [0.15, 0.2) is 48.5 Å². The molecule has 7 heteroatoms. The lowest BCUT2D eigenvalue weighted by Crippen LogP contribution is -2.35. The number of hydrogen-bond donors (Lipinski definition) is 1. The molecule has 0 bridgehead atoms. The van der Waals surface area contributed by atoms with Crippen molar-refractivity contribution in [1.29, 1.82) is 0 Å². The Bertz CT molecular complexity index is 792. The number of fused-ring (bicyclic) bond motifs is 1. The van der Waals surface area contributed by atoms with Gasteiger partial charge in [-0.25, -0.2) is 4.79 Å². The summed E-state index contributed by atoms with van der Waals surface area (Å²) in [6.45, 7) is 3.22. The van der Waals surface area contributed by atoms with E-state index in [-0.39, 0.29) is 6.79 Å². The maximum Gasteiger partial charge on any atom is 0.347 e. The van der Waals surface area contributed by atoms with Gasteiger partial charge in [0.05, 0.1) is 0 Å². The van der Waals surface area contributed by atoms with E-state index < -0.39 is 24.1 Å². The molecule has 0 spiro atoms. The first-order valence-electron chi connectivity index (χ1n) is 8.15. The summed E-state index contributed by atoms with van der Waals surface area (Å²) in [7, 11) is 0. The molecule has 0 aliphatic carbocycles. The summed E-state index contributed by atoms with van der Waals surface area (Å²) in [5.74, 6) is 0.646. The van der Waals surface area contributed by atoms with Gasteiger partial charge in [-0.2, -0.15) is 0 Å². The number of nitrogens with one attached hydrogen (secondary N) is 1. The molecule has 7 nitrogen and oxygen atoms in total. The molecule has 26 heavy (non-hydrogen) atoms. The van der Waals surface area contributed by atoms with Crippen molar-refractivity contribution < 1.29 is 28.5 Å². The van der Waals surface area contributed by atoms with Gasteiger partial charge in [0.25, 0.3) is 5.91 Å². The number of amides is 1. The topological polar surface area (TPSA) is 83.1 Å². The fraction of sp³-hybridized carbons (Fsp3) is 0.263. The third-order valence-electron chi connectivity index (χ3n) is 3.69. The van der Waals surface area contributed by atoms with Gasteiger partial charge in [-0.15, -0.1) is 0 Å². The van der Waals surface area contributed by atoms with Gasteiger partial charge in [-0.05, 0) is 38.1 Å². The summed E-state index contributed by atoms with van der Waals surface area (Å²) in [6.07, 6.45) is -1.81. The highest BCUT2D eigenvalue weighted by atomic mass is 16.7. The molecule has 1 aliphatic rings. The third-order valence-corrected chi connectivity index (χ3v) is 3.69. The molecule has 3 rings (SSSR count). The van der Waals surface area contributed by atoms with Crippen LogP contribution in [0.1, 0.15) is 13.8 Å². The number of para-hydroxylation sites is 1. The standard InChI is InChI=1S/C19H19NO6/c1-12(26-19(22)13(2)25-15-6-4-3-5-7-15)18(21)20-14-8-9-16-17(10-14)24-11-23-16/h3-10,12-13H,11H2,1-2H3,(H,20,21)/t12-,13+/m0/s1. The van der Waals surface area contributed by atoms with Gasteiger partial charge in [0.1, 0.15) is 5.75 Å². The van der Waals surface area contributed by atoms with Gasteiger partial charge < -0.3 is 24.3 Å². The van der Waals surface area contributed by atoms with Crippen LogP contribution in [-0.2, 0) is 14.3 Å². The Morgan fingerprint density at radius 2 is 1.73 bits per heavy atom. The van der Waals surface area contributed by atoms with Gasteiger partial charge in [-0.1, -0.05) is 18.2 Å². The van der Waals surface area contributed by atoms with Crippen LogP contribution < -0.4 is 19.5 Å². The van der Waals surface area contributed by atoms with E-state index in [4.69, 9.17) is 18.9 Å². The van der Waals surface area contributed by atoms with Crippen LogP contribution >= 0.6 is 0 Å². The van der Waals surface area contributed by atoms with Gasteiger partial charge in [-0.3, -0.25) is 4.79 Å². The average molecular weight is 357 g/mol. The molecule has 0 radical (unpaired) electrons. The van der Waals surface area contributed by atoms with Crippen LogP contribution in [0, 0.1) is 0 Å². The molecule has 0 saturated heterocycles. The zero-order chi connectivity index (χ0) is 18.5. The third kappa shape index (κ3) is 4.24. The summed E-state index contributed by atoms with van der Waals surface area (Å²) in [4.78, 5) is 24.3. The fourth-order valence-corrected chi connectivity index (χ4v) is 2.29. The summed E-state index contributed by atoms with van der Waals surface area (Å²) in [6, 6.07) is 13.9. The van der Waals surface area contributed by atoms with Crippen molar-refractivity contribution in [3.05, 3.63) is 48.5 Å². The molecule has 2 aromatic rings. The van der Waals surface area contributed by atoms with Gasteiger partial charge in [0.2, 0.25) is 6.79 Å². The van der Waals surface area contributed by atoms with E-state index >= 15 is 0 Å². The number of anilines is 1. The van der Waals surface area contributed by atoms with Crippen LogP contribution in [0.3, 0.4) is 0 Å². The van der Waals surface area contributed by atoms with Crippen LogP contribution in [0.5, 0.6) is 17.2 Å². The van der Waals surface area contributed by atoms with Crippen molar-refractivity contribution in [3.8, 4) is 17.2 Å². The van der Waals surface area contributed by atoms with Crippen molar-refractivity contribution in [1.82, 2.24) is 0 Å². The van der Waals surface area contributed by atoms with E-state index in [0.29, 0.717) is 22.9 Å². The monoisotopic (exact) mass is 357 g/mol. The molecule has 1 aliphatic heterocycles. The Morgan fingerprint density at radius 3 is 2.50 bits per heavy atom. The predicted octanol–water partition coefficient (Wildman–Crippen LogP) is 2.75. The second-order valence-electron chi connectivity index (χ2n) is 5.71. The molecule has 1 heterocycles. The van der Waals surface area contributed by atoms with E-state index in [2.05, 4.69) is 5.32 Å². The predicted molar refractivity (Wildman–Crippen MR) is 93.3 cm³/mol. The normalized spacial score (nSPS) is 14.2. The molecule has 0 aromatic heterocycles. The first-order chi connectivity index (χ1) is 12.5. The second kappa shape index (κ2) is 7.77. The Balaban J connectivity index is 1.52. The molecule has 0 saturated carbocycles. The van der Waals surface area contributed by atoms with Crippen molar-refractivity contribution in [3.63, 3.8) is 0 Å². The zero-order valence-corrected chi connectivity index (χ0v) is 14.4. The van der Waals surface area contributed by atoms with Crippen LogP contribution in [0.4, 0.5) is 5.69 Å². The van der Waals surface area contributed by atoms with Crippen molar-refractivity contribution in [2.24, 2.45) is 0 Å². The molecule has 2 atom stereocenters. The van der Waals surface area contributed by atoms with E-state index in [0.717, 1.165) is 0 Å². The number of hydrogen-bond acceptors (Lipinski definition) is 6. The molecule has 0 fully saturated rings. The summed E-state index contributed by atoms with van der Waals surface area (Å²) >= 11 is 0. The van der Waals surface area contributed by atoms with Crippen molar-refractivity contribution >= 4 is 17.6 Å². The first-order valence-corrected chi connectivity index (χ1v) is 8.15. The second-order valence-corrected chi connectivity index (χ2v) is 5.71. The van der Waals surface area contributed by atoms with E-state index in [1.165, 1.54) is 6.92 Å². The number of benzene rings is 2. The highest BCUT2D eigenvalue weighted by molar-refractivity contribution is 5.95. The van der Waals surface area contributed by atoms with Gasteiger partial charge in [0, 0.05) is 11.8 Å². The smallest absolute Gasteiger partial charge is 0.347 e. The Hall–Kier alpha value is -3.22. The number of carbonyl (C=O) groups is 2. The highest BCUT2D eigenvalue weighted by Gasteiger charge is 2.24. The minimum atomic E-state index is -0.977. The summed E-state index contributed by atoms with van der Waals surface area (Å²) in [5, 5.41) is 2.67. The lowest BCUT2D eigenvalue weighted by molar-refractivity contribution is -0.159. The Morgan fingerprint density at radius 1 is 1.00 bits per heavy atom. The van der Waals surface area contributed by atoms with Crippen LogP contribution in [0.2, 0.25) is 0 Å². The Kier molecular flexibility index (Phi) is 5.26. The minimum absolute atomic E-state index is 0.153. The molecule has 136 valence electrons. The van der Waals surface area contributed by atoms with E-state index in [1.54, 1.807) is 49.4 Å². The van der Waals surface area contributed by atoms with Crippen molar-refractivity contribution in [2.75, 3.05) is 12.1 Å². The van der Waals surface area contributed by atoms with E-state index in [1.807, 2.05) is 6.07 Å².